The maximum atomic E-state index is 12.3. The lowest BCUT2D eigenvalue weighted by Gasteiger charge is -2.17. The highest BCUT2D eigenvalue weighted by molar-refractivity contribution is 6.35. The summed E-state index contributed by atoms with van der Waals surface area (Å²) < 4.78 is 5.42. The van der Waals surface area contributed by atoms with Crippen molar-refractivity contribution in [3.63, 3.8) is 0 Å². The minimum Gasteiger partial charge on any atom is -0.377 e. The number of carbonyl (C=O) groups is 1. The van der Waals surface area contributed by atoms with Crippen molar-refractivity contribution in [2.75, 3.05) is 11.9 Å². The Hall–Kier alpha value is -1.75. The maximum Gasteiger partial charge on any atom is 0.319 e. The topological polar surface area (TPSA) is 50.4 Å². The highest BCUT2D eigenvalue weighted by atomic mass is 35.5. The van der Waals surface area contributed by atoms with Crippen LogP contribution in [0.5, 0.6) is 0 Å². The van der Waals surface area contributed by atoms with Crippen LogP contribution < -0.4 is 10.6 Å². The fourth-order valence-corrected chi connectivity index (χ4v) is 2.84. The number of carbonyl (C=O) groups excluding carboxylic acids is 1. The quantitative estimate of drug-likeness (QED) is 0.717. The summed E-state index contributed by atoms with van der Waals surface area (Å²) in [5.41, 5.74) is 2.45. The van der Waals surface area contributed by atoms with Gasteiger partial charge in [0.25, 0.3) is 0 Å². The smallest absolute Gasteiger partial charge is 0.319 e. The van der Waals surface area contributed by atoms with Crippen molar-refractivity contribution in [3.05, 3.63) is 63.6 Å². The average molecular weight is 367 g/mol. The van der Waals surface area contributed by atoms with Gasteiger partial charge in [-0.25, -0.2) is 4.79 Å². The Morgan fingerprint density at radius 2 is 1.96 bits per heavy atom. The number of benzene rings is 2. The van der Waals surface area contributed by atoms with Crippen LogP contribution in [0.25, 0.3) is 0 Å². The molecule has 128 valence electrons. The van der Waals surface area contributed by atoms with E-state index in [4.69, 9.17) is 27.9 Å². The van der Waals surface area contributed by atoms with Crippen molar-refractivity contribution < 1.29 is 9.53 Å². The molecule has 1 unspecified atom stereocenters. The van der Waals surface area contributed by atoms with Gasteiger partial charge in [-0.1, -0.05) is 47.5 Å². The number of rotatable bonds is 6. The van der Waals surface area contributed by atoms with Gasteiger partial charge in [0.2, 0.25) is 0 Å². The van der Waals surface area contributed by atoms with Crippen LogP contribution in [-0.4, -0.2) is 12.6 Å². The van der Waals surface area contributed by atoms with Crippen molar-refractivity contribution in [2.24, 2.45) is 0 Å². The first-order valence-electron chi connectivity index (χ1n) is 7.69. The van der Waals surface area contributed by atoms with E-state index >= 15 is 0 Å². The fraction of sp³-hybridized carbons (Fsp3) is 0.278. The molecule has 0 heterocycles. The van der Waals surface area contributed by atoms with Gasteiger partial charge >= 0.3 is 6.03 Å². The van der Waals surface area contributed by atoms with Gasteiger partial charge in [0.1, 0.15) is 0 Å². The second kappa shape index (κ2) is 8.92. The first-order chi connectivity index (χ1) is 11.5. The molecule has 6 heteroatoms. The highest BCUT2D eigenvalue weighted by Gasteiger charge is 2.14. The first-order valence-corrected chi connectivity index (χ1v) is 8.45. The molecule has 1 atom stereocenters. The van der Waals surface area contributed by atoms with Crippen LogP contribution in [0.3, 0.4) is 0 Å². The summed E-state index contributed by atoms with van der Waals surface area (Å²) in [5.74, 6) is 0. The molecule has 0 aliphatic heterocycles. The molecule has 0 saturated carbocycles. The van der Waals surface area contributed by atoms with Crippen LogP contribution in [0, 0.1) is 0 Å². The lowest BCUT2D eigenvalue weighted by atomic mass is 10.1. The molecule has 24 heavy (non-hydrogen) atoms. The number of para-hydroxylation sites is 1. The minimum atomic E-state index is -0.308. The second-order valence-electron chi connectivity index (χ2n) is 5.28. The van der Waals surface area contributed by atoms with E-state index in [0.29, 0.717) is 23.3 Å². The van der Waals surface area contributed by atoms with Crippen LogP contribution in [-0.2, 0) is 11.3 Å². The summed E-state index contributed by atoms with van der Waals surface area (Å²) in [7, 11) is 0. The fourth-order valence-electron chi connectivity index (χ4n) is 2.27. The molecular formula is C18H20Cl2N2O2. The number of hydrogen-bond donors (Lipinski definition) is 2. The molecule has 0 radical (unpaired) electrons. The number of ether oxygens (including phenoxy) is 1. The Kier molecular flexibility index (Phi) is 6.91. The summed E-state index contributed by atoms with van der Waals surface area (Å²) in [5, 5.41) is 6.80. The number of halogens is 2. The Labute approximate surface area is 152 Å². The van der Waals surface area contributed by atoms with Gasteiger partial charge in [-0.15, -0.1) is 0 Å². The van der Waals surface area contributed by atoms with E-state index < -0.39 is 0 Å². The predicted molar refractivity (Wildman–Crippen MR) is 98.8 cm³/mol. The molecule has 2 N–H and O–H groups in total. The lowest BCUT2D eigenvalue weighted by molar-refractivity contribution is 0.134. The third-order valence-corrected chi connectivity index (χ3v) is 4.07. The molecule has 2 aromatic carbocycles. The number of hydrogen-bond acceptors (Lipinski definition) is 2. The van der Waals surface area contributed by atoms with E-state index in [1.165, 1.54) is 0 Å². The molecule has 2 amide bonds. The van der Waals surface area contributed by atoms with Crippen molar-refractivity contribution in [1.29, 1.82) is 0 Å². The van der Waals surface area contributed by atoms with E-state index in [1.807, 2.05) is 38.1 Å². The minimum absolute atomic E-state index is 0.256. The third kappa shape index (κ3) is 5.13. The summed E-state index contributed by atoms with van der Waals surface area (Å²) in [6, 6.07) is 12.2. The number of urea groups is 1. The molecule has 0 saturated heterocycles. The first kappa shape index (κ1) is 18.6. The predicted octanol–water partition coefficient (Wildman–Crippen LogP) is 5.41. The molecule has 4 nitrogen and oxygen atoms in total. The number of anilines is 1. The van der Waals surface area contributed by atoms with E-state index in [-0.39, 0.29) is 12.1 Å². The molecule has 0 aliphatic carbocycles. The lowest BCUT2D eigenvalue weighted by Crippen LogP contribution is -2.31. The van der Waals surface area contributed by atoms with Crippen molar-refractivity contribution in [3.8, 4) is 0 Å². The zero-order valence-electron chi connectivity index (χ0n) is 13.6. The third-order valence-electron chi connectivity index (χ3n) is 3.50. The molecular weight excluding hydrogens is 347 g/mol. The zero-order chi connectivity index (χ0) is 17.5. The average Bonchev–Trinajstić information content (AvgIpc) is 2.53. The van der Waals surface area contributed by atoms with Crippen molar-refractivity contribution in [1.82, 2.24) is 5.32 Å². The molecule has 2 aromatic rings. The molecule has 2 rings (SSSR count). The molecule has 0 aliphatic rings. The van der Waals surface area contributed by atoms with E-state index in [2.05, 4.69) is 10.6 Å². The maximum absolute atomic E-state index is 12.3. The standard InChI is InChI=1S/C18H20Cl2N2O2/c1-3-24-11-13-6-4-5-7-17(13)22-18(23)21-12(2)15-9-8-14(19)10-16(15)20/h4-10,12H,3,11H2,1-2H3,(H2,21,22,23). The van der Waals surface area contributed by atoms with Crippen LogP contribution in [0.4, 0.5) is 10.5 Å². The second-order valence-corrected chi connectivity index (χ2v) is 6.12. The van der Waals surface area contributed by atoms with Gasteiger partial charge in [0, 0.05) is 27.9 Å². The normalized spacial score (nSPS) is 11.8. The number of nitrogens with one attached hydrogen (secondary N) is 2. The SMILES string of the molecule is CCOCc1ccccc1NC(=O)NC(C)c1ccc(Cl)cc1Cl. The van der Waals surface area contributed by atoms with Crippen LogP contribution >= 0.6 is 23.2 Å². The summed E-state index contributed by atoms with van der Waals surface area (Å²) in [6.45, 7) is 4.86. The van der Waals surface area contributed by atoms with Gasteiger partial charge in [-0.3, -0.25) is 0 Å². The van der Waals surface area contributed by atoms with Gasteiger partial charge < -0.3 is 15.4 Å². The molecule has 0 fully saturated rings. The van der Waals surface area contributed by atoms with E-state index in [9.17, 15) is 4.79 Å². The monoisotopic (exact) mass is 366 g/mol. The summed E-state index contributed by atoms with van der Waals surface area (Å²) >= 11 is 12.1. The van der Waals surface area contributed by atoms with Gasteiger partial charge in [0.15, 0.2) is 0 Å². The highest BCUT2D eigenvalue weighted by Crippen LogP contribution is 2.26. The Bertz CT molecular complexity index is 707. The molecule has 0 bridgehead atoms. The van der Waals surface area contributed by atoms with Gasteiger partial charge in [0.05, 0.1) is 12.6 Å². The van der Waals surface area contributed by atoms with Crippen LogP contribution in [0.1, 0.15) is 31.0 Å². The Morgan fingerprint density at radius 3 is 2.67 bits per heavy atom. The van der Waals surface area contributed by atoms with Gasteiger partial charge in [-0.05, 0) is 37.6 Å². The van der Waals surface area contributed by atoms with Crippen LogP contribution in [0.15, 0.2) is 42.5 Å². The molecule has 0 aromatic heterocycles. The summed E-state index contributed by atoms with van der Waals surface area (Å²) in [4.78, 5) is 12.3. The van der Waals surface area contributed by atoms with E-state index in [1.54, 1.807) is 18.2 Å². The Balaban J connectivity index is 2.03. The summed E-state index contributed by atoms with van der Waals surface area (Å²) in [6.07, 6.45) is 0. The van der Waals surface area contributed by atoms with Gasteiger partial charge in [-0.2, -0.15) is 0 Å². The van der Waals surface area contributed by atoms with Crippen molar-refractivity contribution >= 4 is 34.9 Å². The Morgan fingerprint density at radius 1 is 1.21 bits per heavy atom. The largest absolute Gasteiger partial charge is 0.377 e. The molecule has 0 spiro atoms. The zero-order valence-corrected chi connectivity index (χ0v) is 15.1. The number of amides is 2. The van der Waals surface area contributed by atoms with Crippen LogP contribution in [0.2, 0.25) is 10.0 Å². The van der Waals surface area contributed by atoms with Crippen molar-refractivity contribution in [2.45, 2.75) is 26.5 Å². The van der Waals surface area contributed by atoms with E-state index in [0.717, 1.165) is 16.8 Å².